The zero-order chi connectivity index (χ0) is 21.6. The number of benzene rings is 2. The first-order chi connectivity index (χ1) is 14.1. The van der Waals surface area contributed by atoms with Crippen molar-refractivity contribution < 1.29 is 22.7 Å². The molecule has 1 fully saturated rings. The number of carbonyl (C=O) groups excluding carboxylic acids is 2. The van der Waals surface area contributed by atoms with Gasteiger partial charge in [0.15, 0.2) is 6.10 Å². The Hall–Kier alpha value is -2.33. The van der Waals surface area contributed by atoms with Crippen LogP contribution < -0.4 is 20.1 Å². The molecule has 0 spiro atoms. The molecule has 30 heavy (non-hydrogen) atoms. The Morgan fingerprint density at radius 3 is 2.60 bits per heavy atom. The lowest BCUT2D eigenvalue weighted by Gasteiger charge is -2.23. The van der Waals surface area contributed by atoms with Crippen molar-refractivity contribution in [2.75, 3.05) is 10.6 Å². The van der Waals surface area contributed by atoms with Crippen LogP contribution in [-0.2, 0) is 14.8 Å². The Kier molecular flexibility index (Phi) is 5.39. The van der Waals surface area contributed by atoms with Crippen molar-refractivity contribution in [3.8, 4) is 5.75 Å². The first-order valence-corrected chi connectivity index (χ1v) is 11.3. The molecule has 8 nitrogen and oxygen atoms in total. The number of nitrogens with one attached hydrogen (secondary N) is 3. The first kappa shape index (κ1) is 20.9. The van der Waals surface area contributed by atoms with Crippen LogP contribution in [0.15, 0.2) is 35.2 Å². The van der Waals surface area contributed by atoms with E-state index in [9.17, 15) is 18.0 Å². The molecule has 4 rings (SSSR count). The van der Waals surface area contributed by atoms with Crippen LogP contribution in [0.2, 0.25) is 10.0 Å². The number of halogens is 2. The molecular formula is C19H17Cl2N3O5S. The fourth-order valence-corrected chi connectivity index (χ4v) is 5.04. The van der Waals surface area contributed by atoms with Gasteiger partial charge in [-0.25, -0.2) is 13.1 Å². The summed E-state index contributed by atoms with van der Waals surface area (Å²) < 4.78 is 33.1. The third kappa shape index (κ3) is 4.24. The maximum absolute atomic E-state index is 12.8. The van der Waals surface area contributed by atoms with Crippen LogP contribution in [0.3, 0.4) is 0 Å². The summed E-state index contributed by atoms with van der Waals surface area (Å²) in [6.07, 6.45) is 0.903. The summed E-state index contributed by atoms with van der Waals surface area (Å²) in [5.74, 6) is -0.454. The van der Waals surface area contributed by atoms with Crippen LogP contribution in [0.5, 0.6) is 5.75 Å². The van der Waals surface area contributed by atoms with Crippen LogP contribution in [0.4, 0.5) is 11.4 Å². The van der Waals surface area contributed by atoms with E-state index in [2.05, 4.69) is 15.4 Å². The van der Waals surface area contributed by atoms with Crippen molar-refractivity contribution in [1.29, 1.82) is 0 Å². The second-order valence-corrected chi connectivity index (χ2v) is 9.57. The van der Waals surface area contributed by atoms with Crippen LogP contribution in [0, 0.1) is 0 Å². The van der Waals surface area contributed by atoms with Gasteiger partial charge in [-0.1, -0.05) is 23.2 Å². The highest BCUT2D eigenvalue weighted by atomic mass is 35.5. The van der Waals surface area contributed by atoms with Crippen molar-refractivity contribution in [1.82, 2.24) is 4.72 Å². The third-order valence-electron chi connectivity index (χ3n) is 4.62. The molecule has 2 amide bonds. The molecule has 158 valence electrons. The quantitative estimate of drug-likeness (QED) is 0.620. The number of rotatable bonds is 5. The van der Waals surface area contributed by atoms with Gasteiger partial charge < -0.3 is 15.4 Å². The lowest BCUT2D eigenvalue weighted by molar-refractivity contribution is -0.122. The molecule has 0 aromatic heterocycles. The number of amides is 2. The highest BCUT2D eigenvalue weighted by Gasteiger charge is 2.30. The molecule has 11 heteroatoms. The van der Waals surface area contributed by atoms with E-state index in [-0.39, 0.29) is 32.5 Å². The van der Waals surface area contributed by atoms with Gasteiger partial charge in [0, 0.05) is 11.7 Å². The maximum Gasteiger partial charge on any atom is 0.265 e. The number of carbonyl (C=O) groups is 2. The summed E-state index contributed by atoms with van der Waals surface area (Å²) >= 11 is 12.2. The van der Waals surface area contributed by atoms with E-state index in [0.717, 1.165) is 18.9 Å². The molecule has 1 heterocycles. The third-order valence-corrected chi connectivity index (χ3v) is 6.92. The SMILES string of the molecule is CC1Oc2ccc(NC(=O)c3cc(S(=O)(=O)NC4CC4)c(Cl)cc3Cl)cc2NC1=O. The van der Waals surface area contributed by atoms with Gasteiger partial charge in [-0.2, -0.15) is 0 Å². The normalized spacial score (nSPS) is 18.2. The van der Waals surface area contributed by atoms with Crippen LogP contribution >= 0.6 is 23.2 Å². The van der Waals surface area contributed by atoms with Crippen LogP contribution in [0.25, 0.3) is 0 Å². The van der Waals surface area contributed by atoms with E-state index in [4.69, 9.17) is 27.9 Å². The predicted molar refractivity (Wildman–Crippen MR) is 113 cm³/mol. The van der Waals surface area contributed by atoms with E-state index in [1.165, 1.54) is 12.1 Å². The number of hydrogen-bond donors (Lipinski definition) is 3. The van der Waals surface area contributed by atoms with E-state index in [0.29, 0.717) is 17.1 Å². The summed E-state index contributed by atoms with van der Waals surface area (Å²) in [5.41, 5.74) is 0.725. The molecule has 0 bridgehead atoms. The van der Waals surface area contributed by atoms with Gasteiger partial charge in [-0.3, -0.25) is 9.59 Å². The van der Waals surface area contributed by atoms with E-state index >= 15 is 0 Å². The molecule has 1 unspecified atom stereocenters. The standard InChI is InChI=1S/C19H17Cl2N3O5S/c1-9-18(25)23-15-6-11(4-5-16(15)29-9)22-19(26)12-7-17(14(21)8-13(12)20)30(27,28)24-10-2-3-10/h4-10,24H,2-3H2,1H3,(H,22,26)(H,23,25). The van der Waals surface area contributed by atoms with Crippen molar-refractivity contribution in [3.63, 3.8) is 0 Å². The van der Waals surface area contributed by atoms with Crippen molar-refractivity contribution in [2.45, 2.75) is 36.8 Å². The Labute approximate surface area is 182 Å². The van der Waals surface area contributed by atoms with E-state index in [1.54, 1.807) is 19.1 Å². The topological polar surface area (TPSA) is 114 Å². The summed E-state index contributed by atoms with van der Waals surface area (Å²) in [4.78, 5) is 24.3. The molecule has 2 aliphatic rings. The number of ether oxygens (including phenoxy) is 1. The molecule has 2 aromatic carbocycles. The minimum atomic E-state index is -3.88. The van der Waals surface area contributed by atoms with Gasteiger partial charge in [0.2, 0.25) is 10.0 Å². The number of sulfonamides is 1. The fourth-order valence-electron chi connectivity index (χ4n) is 2.88. The molecule has 1 saturated carbocycles. The van der Waals surface area contributed by atoms with Gasteiger partial charge in [-0.05, 0) is 50.1 Å². The molecule has 3 N–H and O–H groups in total. The van der Waals surface area contributed by atoms with Gasteiger partial charge in [-0.15, -0.1) is 0 Å². The molecule has 1 atom stereocenters. The van der Waals surface area contributed by atoms with E-state index < -0.39 is 22.0 Å². The zero-order valence-corrected chi connectivity index (χ0v) is 18.0. The monoisotopic (exact) mass is 469 g/mol. The number of hydrogen-bond acceptors (Lipinski definition) is 5. The lowest BCUT2D eigenvalue weighted by atomic mass is 10.1. The lowest BCUT2D eigenvalue weighted by Crippen LogP contribution is -2.34. The number of fused-ring (bicyclic) bond motifs is 1. The minimum Gasteiger partial charge on any atom is -0.479 e. The second kappa shape index (κ2) is 7.73. The van der Waals surface area contributed by atoms with Crippen molar-refractivity contribution in [2.24, 2.45) is 0 Å². The van der Waals surface area contributed by atoms with Gasteiger partial charge in [0.1, 0.15) is 10.6 Å². The zero-order valence-electron chi connectivity index (χ0n) is 15.7. The highest BCUT2D eigenvalue weighted by Crippen LogP contribution is 2.34. The summed E-state index contributed by atoms with van der Waals surface area (Å²) in [6, 6.07) is 7.00. The molecule has 0 saturated heterocycles. The Balaban J connectivity index is 1.60. The molecule has 2 aromatic rings. The van der Waals surface area contributed by atoms with Crippen LogP contribution in [0.1, 0.15) is 30.1 Å². The second-order valence-electron chi connectivity index (χ2n) is 7.07. The Morgan fingerprint density at radius 1 is 1.17 bits per heavy atom. The maximum atomic E-state index is 12.8. The van der Waals surface area contributed by atoms with Crippen LogP contribution in [-0.4, -0.2) is 32.4 Å². The van der Waals surface area contributed by atoms with E-state index in [1.807, 2.05) is 0 Å². The summed E-state index contributed by atoms with van der Waals surface area (Å²) in [7, 11) is -3.88. The molecule has 1 aliphatic carbocycles. The van der Waals surface area contributed by atoms with Gasteiger partial charge in [0.25, 0.3) is 11.8 Å². The summed E-state index contributed by atoms with van der Waals surface area (Å²) in [6.45, 7) is 1.63. The Morgan fingerprint density at radius 2 is 1.90 bits per heavy atom. The largest absolute Gasteiger partial charge is 0.479 e. The highest BCUT2D eigenvalue weighted by molar-refractivity contribution is 7.89. The average Bonchev–Trinajstić information content (AvgIpc) is 3.46. The summed E-state index contributed by atoms with van der Waals surface area (Å²) in [5, 5.41) is 5.26. The van der Waals surface area contributed by atoms with Crippen molar-refractivity contribution in [3.05, 3.63) is 45.9 Å². The fraction of sp³-hybridized carbons (Fsp3) is 0.263. The molecule has 1 aliphatic heterocycles. The Bertz CT molecular complexity index is 1170. The predicted octanol–water partition coefficient (Wildman–Crippen LogP) is 3.41. The smallest absolute Gasteiger partial charge is 0.265 e. The average molecular weight is 470 g/mol. The van der Waals surface area contributed by atoms with Gasteiger partial charge >= 0.3 is 0 Å². The van der Waals surface area contributed by atoms with Gasteiger partial charge in [0.05, 0.1) is 21.3 Å². The van der Waals surface area contributed by atoms with Crippen molar-refractivity contribution >= 4 is 56.4 Å². The minimum absolute atomic E-state index is 0.00583. The molecular weight excluding hydrogens is 453 g/mol. The number of anilines is 2. The molecule has 0 radical (unpaired) electrons. The first-order valence-electron chi connectivity index (χ1n) is 9.08.